The average Bonchev–Trinajstić information content (AvgIpc) is 2.77. The fourth-order valence-corrected chi connectivity index (χ4v) is 3.18. The Morgan fingerprint density at radius 1 is 0.839 bits per heavy atom. The number of carboxylic acids is 1. The molecule has 0 saturated heterocycles. The van der Waals surface area contributed by atoms with Crippen molar-refractivity contribution in [2.75, 3.05) is 5.32 Å². The van der Waals surface area contributed by atoms with Gasteiger partial charge in [-0.3, -0.25) is 24.9 Å². The van der Waals surface area contributed by atoms with Gasteiger partial charge in [-0.05, 0) is 36.1 Å². The quantitative estimate of drug-likeness (QED) is 0.189. The summed E-state index contributed by atoms with van der Waals surface area (Å²) in [6.07, 6.45) is 3.68. The van der Waals surface area contributed by atoms with Gasteiger partial charge in [0.15, 0.2) is 0 Å². The van der Waals surface area contributed by atoms with E-state index in [-0.39, 0.29) is 12.3 Å². The summed E-state index contributed by atoms with van der Waals surface area (Å²) in [6.45, 7) is 0.344. The van der Waals surface area contributed by atoms with Gasteiger partial charge in [0.1, 0.15) is 6.04 Å². The van der Waals surface area contributed by atoms with E-state index in [2.05, 4.69) is 10.6 Å². The molecular weight excluding hydrogens is 398 g/mol. The molecule has 2 aromatic rings. The van der Waals surface area contributed by atoms with Crippen LogP contribution in [0.25, 0.3) is 0 Å². The highest BCUT2D eigenvalue weighted by Crippen LogP contribution is 2.16. The maximum absolute atomic E-state index is 12.1. The van der Waals surface area contributed by atoms with Crippen LogP contribution < -0.4 is 16.1 Å². The lowest BCUT2D eigenvalue weighted by atomic mass is 10.1. The van der Waals surface area contributed by atoms with Crippen molar-refractivity contribution >= 4 is 23.5 Å². The first-order valence-corrected chi connectivity index (χ1v) is 10.3. The molecule has 2 rings (SSSR count). The monoisotopic (exact) mass is 427 g/mol. The number of rotatable bonds is 13. The topological polar surface area (TPSA) is 128 Å². The number of aliphatic carboxylic acids is 1. The van der Waals surface area contributed by atoms with E-state index in [4.69, 9.17) is 5.21 Å². The van der Waals surface area contributed by atoms with Gasteiger partial charge < -0.3 is 10.4 Å². The number of hydroxylamine groups is 1. The van der Waals surface area contributed by atoms with Crippen molar-refractivity contribution in [2.45, 2.75) is 51.1 Å². The van der Waals surface area contributed by atoms with Gasteiger partial charge in [0.25, 0.3) is 0 Å². The lowest BCUT2D eigenvalue weighted by molar-refractivity contribution is -0.139. The van der Waals surface area contributed by atoms with Gasteiger partial charge >= 0.3 is 5.97 Å². The molecule has 2 amide bonds. The van der Waals surface area contributed by atoms with E-state index in [1.54, 1.807) is 35.8 Å². The third-order valence-electron chi connectivity index (χ3n) is 4.78. The predicted molar refractivity (Wildman–Crippen MR) is 116 cm³/mol. The molecule has 31 heavy (non-hydrogen) atoms. The fraction of sp³-hybridized carbons (Fsp3) is 0.348. The van der Waals surface area contributed by atoms with Crippen LogP contribution in [-0.2, 0) is 20.9 Å². The van der Waals surface area contributed by atoms with Crippen molar-refractivity contribution in [1.29, 1.82) is 0 Å². The maximum atomic E-state index is 12.1. The van der Waals surface area contributed by atoms with Crippen molar-refractivity contribution in [3.05, 3.63) is 65.7 Å². The molecule has 0 heterocycles. The summed E-state index contributed by atoms with van der Waals surface area (Å²) < 4.78 is 0. The Morgan fingerprint density at radius 2 is 1.52 bits per heavy atom. The van der Waals surface area contributed by atoms with Crippen LogP contribution in [0.1, 0.15) is 55.7 Å². The first-order chi connectivity index (χ1) is 15.0. The minimum Gasteiger partial charge on any atom is -0.480 e. The molecule has 0 aliphatic rings. The van der Waals surface area contributed by atoms with Gasteiger partial charge in [0.2, 0.25) is 11.8 Å². The van der Waals surface area contributed by atoms with Crippen LogP contribution in [0.2, 0.25) is 0 Å². The van der Waals surface area contributed by atoms with Crippen molar-refractivity contribution in [2.24, 2.45) is 0 Å². The Balaban J connectivity index is 1.77. The van der Waals surface area contributed by atoms with Gasteiger partial charge in [0.05, 0.1) is 0 Å². The van der Waals surface area contributed by atoms with Gasteiger partial charge in [0, 0.05) is 25.1 Å². The maximum Gasteiger partial charge on any atom is 0.325 e. The number of amides is 2. The molecule has 2 aromatic carbocycles. The molecule has 1 atom stereocenters. The number of hydrogen-bond donors (Lipinski definition) is 5. The molecule has 0 bridgehead atoms. The number of benzene rings is 2. The highest BCUT2D eigenvalue weighted by Gasteiger charge is 2.18. The minimum atomic E-state index is -0.951. The Labute approximate surface area is 181 Å². The highest BCUT2D eigenvalue weighted by molar-refractivity contribution is 5.90. The van der Waals surface area contributed by atoms with Gasteiger partial charge in [-0.1, -0.05) is 55.3 Å². The molecule has 5 N–H and O–H groups in total. The molecule has 0 saturated carbocycles. The Hall–Kier alpha value is -3.23. The number of nitrogens with one attached hydrogen (secondary N) is 3. The summed E-state index contributed by atoms with van der Waals surface area (Å²) in [4.78, 5) is 34.7. The van der Waals surface area contributed by atoms with Crippen LogP contribution in [0.15, 0.2) is 54.6 Å². The average molecular weight is 428 g/mol. The van der Waals surface area contributed by atoms with Crippen LogP contribution in [0.4, 0.5) is 5.69 Å². The number of hydrogen-bond acceptors (Lipinski definition) is 5. The van der Waals surface area contributed by atoms with Crippen molar-refractivity contribution in [3.63, 3.8) is 0 Å². The number of unbranched alkanes of at least 4 members (excludes halogenated alkanes) is 3. The Kier molecular flexibility index (Phi) is 10.2. The normalized spacial score (nSPS) is 11.5. The lowest BCUT2D eigenvalue weighted by Gasteiger charge is -2.15. The standard InChI is InChI=1S/C23H29N3O5/c27-20(13-6-1-2-7-14-21(28)26-31)25-19-12-8-9-17(15-19)16-24-22(23(29)30)18-10-4-3-5-11-18/h3-5,8-12,15,22,24,31H,1-2,6-7,13-14,16H2,(H,25,27)(H,26,28)(H,29,30)/t22-/m1/s1. The van der Waals surface area contributed by atoms with E-state index in [0.29, 0.717) is 37.1 Å². The SMILES string of the molecule is O=C(CCCCCCC(=O)Nc1cccc(CN[C@@H](C(=O)O)c2ccccc2)c1)NO. The molecule has 8 heteroatoms. The van der Waals surface area contributed by atoms with Crippen molar-refractivity contribution < 1.29 is 24.7 Å². The Morgan fingerprint density at radius 3 is 2.16 bits per heavy atom. The second-order valence-electron chi connectivity index (χ2n) is 7.26. The molecule has 166 valence electrons. The van der Waals surface area contributed by atoms with Crippen LogP contribution in [0, 0.1) is 0 Å². The predicted octanol–water partition coefficient (Wildman–Crippen LogP) is 3.39. The molecule has 0 aliphatic carbocycles. The van der Waals surface area contributed by atoms with Gasteiger partial charge in [-0.15, -0.1) is 0 Å². The summed E-state index contributed by atoms with van der Waals surface area (Å²) in [5.74, 6) is -1.44. The number of carbonyl (C=O) groups is 3. The van der Waals surface area contributed by atoms with Gasteiger partial charge in [-0.2, -0.15) is 0 Å². The third-order valence-corrected chi connectivity index (χ3v) is 4.78. The summed E-state index contributed by atoms with van der Waals surface area (Å²) in [5.41, 5.74) is 3.80. The molecule has 0 radical (unpaired) electrons. The second kappa shape index (κ2) is 13.1. The van der Waals surface area contributed by atoms with E-state index in [9.17, 15) is 19.5 Å². The fourth-order valence-electron chi connectivity index (χ4n) is 3.18. The van der Waals surface area contributed by atoms with Crippen LogP contribution >= 0.6 is 0 Å². The molecule has 8 nitrogen and oxygen atoms in total. The highest BCUT2D eigenvalue weighted by atomic mass is 16.5. The summed E-state index contributed by atoms with van der Waals surface area (Å²) in [7, 11) is 0. The van der Waals surface area contributed by atoms with E-state index < -0.39 is 17.9 Å². The zero-order valence-corrected chi connectivity index (χ0v) is 17.3. The zero-order valence-electron chi connectivity index (χ0n) is 17.3. The lowest BCUT2D eigenvalue weighted by Crippen LogP contribution is -2.28. The largest absolute Gasteiger partial charge is 0.480 e. The zero-order chi connectivity index (χ0) is 22.5. The Bertz CT molecular complexity index is 857. The number of carboxylic acid groups (broad SMARTS) is 1. The number of anilines is 1. The summed E-state index contributed by atoms with van der Waals surface area (Å²) in [5, 5.41) is 23.8. The van der Waals surface area contributed by atoms with Crippen LogP contribution in [0.3, 0.4) is 0 Å². The third kappa shape index (κ3) is 8.98. The molecule has 0 spiro atoms. The number of carbonyl (C=O) groups excluding carboxylic acids is 2. The van der Waals surface area contributed by atoms with Crippen LogP contribution in [-0.4, -0.2) is 28.1 Å². The van der Waals surface area contributed by atoms with Crippen molar-refractivity contribution in [3.8, 4) is 0 Å². The first-order valence-electron chi connectivity index (χ1n) is 10.3. The van der Waals surface area contributed by atoms with Gasteiger partial charge in [-0.25, -0.2) is 5.48 Å². The van der Waals surface area contributed by atoms with E-state index in [1.165, 1.54) is 0 Å². The van der Waals surface area contributed by atoms with Crippen molar-refractivity contribution in [1.82, 2.24) is 10.8 Å². The first kappa shape index (κ1) is 24.0. The van der Waals surface area contributed by atoms with E-state index >= 15 is 0 Å². The molecule has 0 fully saturated rings. The van der Waals surface area contributed by atoms with E-state index in [0.717, 1.165) is 18.4 Å². The summed E-state index contributed by atoms with van der Waals surface area (Å²) >= 11 is 0. The van der Waals surface area contributed by atoms with E-state index in [1.807, 2.05) is 24.3 Å². The molecular formula is C23H29N3O5. The molecule has 0 aliphatic heterocycles. The second-order valence-corrected chi connectivity index (χ2v) is 7.26. The van der Waals surface area contributed by atoms with Crippen LogP contribution in [0.5, 0.6) is 0 Å². The summed E-state index contributed by atoms with van der Waals surface area (Å²) in [6, 6.07) is 15.5. The smallest absolute Gasteiger partial charge is 0.325 e. The minimum absolute atomic E-state index is 0.0918. The molecule has 0 unspecified atom stereocenters. The molecule has 0 aromatic heterocycles.